The van der Waals surface area contributed by atoms with Gasteiger partial charge in [0.15, 0.2) is 5.60 Å². The summed E-state index contributed by atoms with van der Waals surface area (Å²) in [5, 5.41) is 21.1. The van der Waals surface area contributed by atoms with E-state index in [1.807, 2.05) is 0 Å². The Balaban J connectivity index is 1.29. The summed E-state index contributed by atoms with van der Waals surface area (Å²) in [5.41, 5.74) is -2.23. The number of hydrogen-bond acceptors (Lipinski definition) is 2. The highest BCUT2D eigenvalue weighted by Crippen LogP contribution is 2.68. The highest BCUT2D eigenvalue weighted by Gasteiger charge is 2.64. The van der Waals surface area contributed by atoms with Crippen molar-refractivity contribution in [2.45, 2.75) is 135 Å². The largest absolute Gasteiger partial charge is 0.417 e. The second kappa shape index (κ2) is 9.17. The smallest absolute Gasteiger partial charge is 0.393 e. The standard InChI is InChI=1S/C30H49F3O2/c1-19(10-13-26(34)20-6-4-7-20)23-11-12-24-22-9-5-8-21-18-29(35,30(31,32)33)17-16-27(21,2)25(22)14-15-28(23,24)3/h19-26,34-35H,4-18H2,1-3H3/t19-,21+,22-,23-,24+,25+,26?,27+,28-,29+/m1/s1. The fourth-order valence-electron chi connectivity index (χ4n) is 10.4. The zero-order valence-corrected chi connectivity index (χ0v) is 22.3. The lowest BCUT2D eigenvalue weighted by Crippen LogP contribution is -2.56. The fourth-order valence-corrected chi connectivity index (χ4v) is 10.4. The molecule has 0 radical (unpaired) electrons. The summed E-state index contributed by atoms with van der Waals surface area (Å²) >= 11 is 0. The van der Waals surface area contributed by atoms with Crippen LogP contribution in [0.2, 0.25) is 0 Å². The van der Waals surface area contributed by atoms with Gasteiger partial charge >= 0.3 is 6.18 Å². The Morgan fingerprint density at radius 3 is 2.17 bits per heavy atom. The van der Waals surface area contributed by atoms with Crippen molar-refractivity contribution in [2.24, 2.45) is 52.3 Å². The van der Waals surface area contributed by atoms with Crippen LogP contribution in [0.3, 0.4) is 0 Å². The molecule has 202 valence electrons. The molecule has 0 amide bonds. The Labute approximate surface area is 210 Å². The quantitative estimate of drug-likeness (QED) is 0.404. The average Bonchev–Trinajstić information content (AvgIpc) is 3.02. The monoisotopic (exact) mass is 498 g/mol. The molecule has 5 aliphatic carbocycles. The zero-order chi connectivity index (χ0) is 25.2. The third kappa shape index (κ3) is 4.31. The highest BCUT2D eigenvalue weighted by molar-refractivity contribution is 5.10. The van der Waals surface area contributed by atoms with E-state index in [0.717, 1.165) is 38.5 Å². The number of fused-ring (bicyclic) bond motifs is 5. The van der Waals surface area contributed by atoms with Crippen LogP contribution in [0.5, 0.6) is 0 Å². The van der Waals surface area contributed by atoms with Crippen LogP contribution in [0.1, 0.15) is 117 Å². The van der Waals surface area contributed by atoms with Crippen molar-refractivity contribution >= 4 is 0 Å². The fraction of sp³-hybridized carbons (Fsp3) is 1.00. The molecule has 5 saturated carbocycles. The lowest BCUT2D eigenvalue weighted by Gasteiger charge is -2.58. The predicted octanol–water partition coefficient (Wildman–Crippen LogP) is 7.91. The number of alkyl halides is 3. The normalized spacial score (nSPS) is 48.2. The lowest BCUT2D eigenvalue weighted by molar-refractivity contribution is -0.285. The molecule has 35 heavy (non-hydrogen) atoms. The SMILES string of the molecule is C[C@H](CCC(O)C1CCC1)[C@H]1CC[C@H]2[C@H]3CCC[C@H]4C[C@](O)(C(F)(F)F)CC[C@]4(C)[C@H]3CC[C@]12C. The molecule has 10 atom stereocenters. The van der Waals surface area contributed by atoms with Gasteiger partial charge < -0.3 is 10.2 Å². The molecule has 2 nitrogen and oxygen atoms in total. The topological polar surface area (TPSA) is 40.5 Å². The van der Waals surface area contributed by atoms with Crippen molar-refractivity contribution in [2.75, 3.05) is 0 Å². The van der Waals surface area contributed by atoms with Gasteiger partial charge in [0, 0.05) is 0 Å². The van der Waals surface area contributed by atoms with E-state index in [2.05, 4.69) is 20.8 Å². The van der Waals surface area contributed by atoms with Gasteiger partial charge in [-0.15, -0.1) is 0 Å². The van der Waals surface area contributed by atoms with E-state index in [1.54, 1.807) is 0 Å². The van der Waals surface area contributed by atoms with Crippen molar-refractivity contribution in [3.05, 3.63) is 0 Å². The van der Waals surface area contributed by atoms with Crippen LogP contribution in [0.4, 0.5) is 13.2 Å². The molecule has 5 heteroatoms. The van der Waals surface area contributed by atoms with E-state index in [1.165, 1.54) is 38.5 Å². The summed E-state index contributed by atoms with van der Waals surface area (Å²) in [4.78, 5) is 0. The maximum absolute atomic E-state index is 13.7. The lowest BCUT2D eigenvalue weighted by atomic mass is 9.48. The average molecular weight is 499 g/mol. The first-order chi connectivity index (χ1) is 16.4. The molecule has 0 saturated heterocycles. The van der Waals surface area contributed by atoms with E-state index in [-0.39, 0.29) is 30.3 Å². The van der Waals surface area contributed by atoms with Crippen molar-refractivity contribution in [1.82, 2.24) is 0 Å². The Kier molecular flexibility index (Phi) is 6.90. The Morgan fingerprint density at radius 2 is 1.51 bits per heavy atom. The van der Waals surface area contributed by atoms with Gasteiger partial charge in [-0.25, -0.2) is 0 Å². The summed E-state index contributed by atoms with van der Waals surface area (Å²) in [6.07, 6.45) is 9.27. The van der Waals surface area contributed by atoms with Gasteiger partial charge in [-0.3, -0.25) is 0 Å². The van der Waals surface area contributed by atoms with Crippen LogP contribution in [0.15, 0.2) is 0 Å². The first-order valence-electron chi connectivity index (χ1n) is 14.9. The van der Waals surface area contributed by atoms with Gasteiger partial charge in [-0.1, -0.05) is 33.6 Å². The maximum Gasteiger partial charge on any atom is 0.417 e. The summed E-state index contributed by atoms with van der Waals surface area (Å²) in [6, 6.07) is 0. The van der Waals surface area contributed by atoms with Gasteiger partial charge in [-0.2, -0.15) is 13.2 Å². The Hall–Kier alpha value is -0.290. The first-order valence-corrected chi connectivity index (χ1v) is 14.9. The minimum absolute atomic E-state index is 0.0219. The minimum atomic E-state index is -4.52. The number of aliphatic hydroxyl groups excluding tert-OH is 1. The van der Waals surface area contributed by atoms with Crippen LogP contribution >= 0.6 is 0 Å². The molecule has 1 unspecified atom stereocenters. The predicted molar refractivity (Wildman–Crippen MR) is 133 cm³/mol. The second-order valence-corrected chi connectivity index (χ2v) is 14.3. The third-order valence-electron chi connectivity index (χ3n) is 12.9. The Bertz CT molecular complexity index is 765. The summed E-state index contributed by atoms with van der Waals surface area (Å²) in [7, 11) is 0. The van der Waals surface area contributed by atoms with Crippen LogP contribution in [-0.4, -0.2) is 28.1 Å². The number of hydrogen-bond donors (Lipinski definition) is 2. The van der Waals surface area contributed by atoms with E-state index in [4.69, 9.17) is 0 Å². The number of rotatable bonds is 5. The summed E-state index contributed by atoms with van der Waals surface area (Å²) in [5.74, 6) is 3.65. The first kappa shape index (κ1) is 26.3. The molecule has 0 aliphatic heterocycles. The minimum Gasteiger partial charge on any atom is -0.393 e. The molecular weight excluding hydrogens is 449 g/mol. The van der Waals surface area contributed by atoms with E-state index in [0.29, 0.717) is 47.3 Å². The molecule has 0 bridgehead atoms. The van der Waals surface area contributed by atoms with Crippen molar-refractivity contribution in [1.29, 1.82) is 0 Å². The van der Waals surface area contributed by atoms with E-state index < -0.39 is 11.8 Å². The van der Waals surface area contributed by atoms with Gasteiger partial charge in [-0.05, 0) is 136 Å². The van der Waals surface area contributed by atoms with Crippen LogP contribution in [-0.2, 0) is 0 Å². The third-order valence-corrected chi connectivity index (χ3v) is 12.9. The molecule has 0 spiro atoms. The molecule has 0 aromatic carbocycles. The van der Waals surface area contributed by atoms with Gasteiger partial charge in [0.25, 0.3) is 0 Å². The van der Waals surface area contributed by atoms with E-state index in [9.17, 15) is 23.4 Å². The maximum atomic E-state index is 13.7. The summed E-state index contributed by atoms with van der Waals surface area (Å²) < 4.78 is 41.1. The summed E-state index contributed by atoms with van der Waals surface area (Å²) in [6.45, 7) is 7.25. The second-order valence-electron chi connectivity index (χ2n) is 14.3. The molecule has 0 aromatic rings. The number of halogens is 3. The molecule has 0 heterocycles. The molecule has 0 aromatic heterocycles. The van der Waals surface area contributed by atoms with Crippen molar-refractivity contribution < 1.29 is 23.4 Å². The van der Waals surface area contributed by atoms with Crippen molar-refractivity contribution in [3.63, 3.8) is 0 Å². The molecule has 5 aliphatic rings. The van der Waals surface area contributed by atoms with Gasteiger partial charge in [0.05, 0.1) is 6.10 Å². The molecular formula is C30H49F3O2. The van der Waals surface area contributed by atoms with Crippen LogP contribution in [0.25, 0.3) is 0 Å². The van der Waals surface area contributed by atoms with Crippen LogP contribution in [0, 0.1) is 52.3 Å². The molecule has 5 rings (SSSR count). The van der Waals surface area contributed by atoms with E-state index >= 15 is 0 Å². The number of aliphatic hydroxyl groups is 2. The van der Waals surface area contributed by atoms with Crippen LogP contribution < -0.4 is 0 Å². The molecule has 5 fully saturated rings. The molecule has 2 N–H and O–H groups in total. The highest BCUT2D eigenvalue weighted by atomic mass is 19.4. The zero-order valence-electron chi connectivity index (χ0n) is 22.3. The van der Waals surface area contributed by atoms with Gasteiger partial charge in [0.1, 0.15) is 0 Å². The Morgan fingerprint density at radius 1 is 0.829 bits per heavy atom. The van der Waals surface area contributed by atoms with Gasteiger partial charge in [0.2, 0.25) is 0 Å². The van der Waals surface area contributed by atoms with Crippen molar-refractivity contribution in [3.8, 4) is 0 Å².